The van der Waals surface area contributed by atoms with Crippen LogP contribution in [0.3, 0.4) is 0 Å². The molecule has 110 valence electrons. The quantitative estimate of drug-likeness (QED) is 0.780. The number of rotatable bonds is 4. The van der Waals surface area contributed by atoms with Gasteiger partial charge in [0.25, 0.3) is 0 Å². The first-order valence-electron chi connectivity index (χ1n) is 6.35. The van der Waals surface area contributed by atoms with Gasteiger partial charge in [0.2, 0.25) is 0 Å². The van der Waals surface area contributed by atoms with Crippen LogP contribution in [0.15, 0.2) is 42.5 Å². The standard InChI is InChI=1S/C16H15Cl2NO2/c1-19(10-11-7-8-12(17)9-14(11)18)15-6-4-3-5-13(15)16(20)21-2/h3-9H,10H2,1-2H3. The summed E-state index contributed by atoms with van der Waals surface area (Å²) in [7, 11) is 3.27. The van der Waals surface area contributed by atoms with Crippen molar-refractivity contribution >= 4 is 34.9 Å². The van der Waals surface area contributed by atoms with Gasteiger partial charge >= 0.3 is 5.97 Å². The minimum atomic E-state index is -0.361. The van der Waals surface area contributed by atoms with Crippen LogP contribution in [-0.4, -0.2) is 20.1 Å². The molecule has 0 spiro atoms. The minimum Gasteiger partial charge on any atom is -0.465 e. The van der Waals surface area contributed by atoms with E-state index in [-0.39, 0.29) is 5.97 Å². The van der Waals surface area contributed by atoms with E-state index in [1.165, 1.54) is 7.11 Å². The SMILES string of the molecule is COC(=O)c1ccccc1N(C)Cc1ccc(Cl)cc1Cl. The Bertz CT molecular complexity index is 658. The van der Waals surface area contributed by atoms with Gasteiger partial charge in [-0.25, -0.2) is 4.79 Å². The molecule has 0 aliphatic heterocycles. The number of carbonyl (C=O) groups excluding carboxylic acids is 1. The number of ether oxygens (including phenoxy) is 1. The van der Waals surface area contributed by atoms with Crippen molar-refractivity contribution in [2.45, 2.75) is 6.54 Å². The fourth-order valence-electron chi connectivity index (χ4n) is 2.08. The first kappa shape index (κ1) is 15.7. The third kappa shape index (κ3) is 3.69. The number of esters is 1. The second-order valence-corrected chi connectivity index (χ2v) is 5.44. The predicted molar refractivity (Wildman–Crippen MR) is 86.4 cm³/mol. The Morgan fingerprint density at radius 2 is 1.90 bits per heavy atom. The van der Waals surface area contributed by atoms with E-state index in [0.717, 1.165) is 11.3 Å². The molecule has 0 amide bonds. The lowest BCUT2D eigenvalue weighted by Crippen LogP contribution is -2.20. The van der Waals surface area contributed by atoms with Crippen molar-refractivity contribution in [2.75, 3.05) is 19.1 Å². The van der Waals surface area contributed by atoms with E-state index in [4.69, 9.17) is 27.9 Å². The van der Waals surface area contributed by atoms with Crippen LogP contribution in [0.5, 0.6) is 0 Å². The summed E-state index contributed by atoms with van der Waals surface area (Å²) in [6, 6.07) is 12.7. The summed E-state index contributed by atoms with van der Waals surface area (Å²) < 4.78 is 4.81. The summed E-state index contributed by atoms with van der Waals surface area (Å²) in [4.78, 5) is 13.8. The summed E-state index contributed by atoms with van der Waals surface area (Å²) in [5, 5.41) is 1.20. The molecule has 5 heteroatoms. The summed E-state index contributed by atoms with van der Waals surface area (Å²) in [5.41, 5.74) is 2.24. The highest BCUT2D eigenvalue weighted by atomic mass is 35.5. The Kier molecular flexibility index (Phi) is 5.10. The number of hydrogen-bond acceptors (Lipinski definition) is 3. The Labute approximate surface area is 134 Å². The lowest BCUT2D eigenvalue weighted by atomic mass is 10.1. The van der Waals surface area contributed by atoms with Crippen molar-refractivity contribution in [1.82, 2.24) is 0 Å². The number of anilines is 1. The zero-order valence-corrected chi connectivity index (χ0v) is 13.3. The van der Waals surface area contributed by atoms with Crippen molar-refractivity contribution in [2.24, 2.45) is 0 Å². The molecule has 0 saturated carbocycles. The average molecular weight is 324 g/mol. The van der Waals surface area contributed by atoms with E-state index in [1.807, 2.05) is 30.1 Å². The van der Waals surface area contributed by atoms with Gasteiger partial charge in [0, 0.05) is 23.6 Å². The van der Waals surface area contributed by atoms with E-state index in [2.05, 4.69) is 0 Å². The molecule has 0 fully saturated rings. The maximum atomic E-state index is 11.8. The number of benzene rings is 2. The summed E-state index contributed by atoms with van der Waals surface area (Å²) in [5.74, 6) is -0.361. The largest absolute Gasteiger partial charge is 0.465 e. The van der Waals surface area contributed by atoms with Gasteiger partial charge in [0.15, 0.2) is 0 Å². The van der Waals surface area contributed by atoms with Crippen molar-refractivity contribution in [3.05, 3.63) is 63.6 Å². The van der Waals surface area contributed by atoms with Crippen molar-refractivity contribution < 1.29 is 9.53 Å². The van der Waals surface area contributed by atoms with Crippen molar-refractivity contribution in [3.8, 4) is 0 Å². The molecule has 0 atom stereocenters. The van der Waals surface area contributed by atoms with Crippen LogP contribution in [0.25, 0.3) is 0 Å². The number of para-hydroxylation sites is 1. The van der Waals surface area contributed by atoms with Crippen LogP contribution >= 0.6 is 23.2 Å². The molecule has 2 aromatic rings. The van der Waals surface area contributed by atoms with E-state index < -0.39 is 0 Å². The molecule has 0 bridgehead atoms. The summed E-state index contributed by atoms with van der Waals surface area (Å²) in [6.07, 6.45) is 0. The van der Waals surface area contributed by atoms with E-state index in [9.17, 15) is 4.79 Å². The smallest absolute Gasteiger partial charge is 0.339 e. The third-order valence-electron chi connectivity index (χ3n) is 3.14. The average Bonchev–Trinajstić information content (AvgIpc) is 2.49. The van der Waals surface area contributed by atoms with Crippen LogP contribution in [0.2, 0.25) is 10.0 Å². The number of carbonyl (C=O) groups is 1. The summed E-state index contributed by atoms with van der Waals surface area (Å²) in [6.45, 7) is 0.560. The van der Waals surface area contributed by atoms with Gasteiger partial charge in [-0.05, 0) is 29.8 Å². The molecule has 2 aromatic carbocycles. The Balaban J connectivity index is 2.28. The molecule has 0 N–H and O–H groups in total. The minimum absolute atomic E-state index is 0.361. The highest BCUT2D eigenvalue weighted by molar-refractivity contribution is 6.35. The second-order valence-electron chi connectivity index (χ2n) is 4.60. The second kappa shape index (κ2) is 6.83. The molecule has 3 nitrogen and oxygen atoms in total. The van der Waals surface area contributed by atoms with Crippen LogP contribution in [0.4, 0.5) is 5.69 Å². The molecular formula is C16H15Cl2NO2. The first-order valence-corrected chi connectivity index (χ1v) is 7.11. The normalized spacial score (nSPS) is 10.3. The van der Waals surface area contributed by atoms with Gasteiger partial charge in [0.05, 0.1) is 18.4 Å². The molecule has 0 aliphatic carbocycles. The fraction of sp³-hybridized carbons (Fsp3) is 0.188. The Hall–Kier alpha value is -1.71. The number of methoxy groups -OCH3 is 1. The molecular weight excluding hydrogens is 309 g/mol. The highest BCUT2D eigenvalue weighted by Gasteiger charge is 2.15. The molecule has 0 heterocycles. The van der Waals surface area contributed by atoms with Gasteiger partial charge in [-0.3, -0.25) is 0 Å². The zero-order valence-electron chi connectivity index (χ0n) is 11.8. The van der Waals surface area contributed by atoms with Crippen LogP contribution in [0.1, 0.15) is 15.9 Å². The van der Waals surface area contributed by atoms with E-state index >= 15 is 0 Å². The van der Waals surface area contributed by atoms with Crippen molar-refractivity contribution in [3.63, 3.8) is 0 Å². The molecule has 0 aliphatic rings. The maximum Gasteiger partial charge on any atom is 0.339 e. The molecule has 0 saturated heterocycles. The lowest BCUT2D eigenvalue weighted by Gasteiger charge is -2.22. The van der Waals surface area contributed by atoms with Gasteiger partial charge in [-0.1, -0.05) is 41.4 Å². The molecule has 0 aromatic heterocycles. The van der Waals surface area contributed by atoms with Crippen LogP contribution in [0, 0.1) is 0 Å². The monoisotopic (exact) mass is 323 g/mol. The summed E-state index contributed by atoms with van der Waals surface area (Å²) >= 11 is 12.1. The predicted octanol–water partition coefficient (Wildman–Crippen LogP) is 4.42. The fourth-order valence-corrected chi connectivity index (χ4v) is 2.55. The van der Waals surface area contributed by atoms with E-state index in [1.54, 1.807) is 24.3 Å². The Morgan fingerprint density at radius 1 is 1.19 bits per heavy atom. The lowest BCUT2D eigenvalue weighted by molar-refractivity contribution is 0.0601. The first-order chi connectivity index (χ1) is 10.0. The zero-order chi connectivity index (χ0) is 15.4. The van der Waals surface area contributed by atoms with Gasteiger partial charge in [0.1, 0.15) is 0 Å². The maximum absolute atomic E-state index is 11.8. The number of halogens is 2. The molecule has 21 heavy (non-hydrogen) atoms. The third-order valence-corrected chi connectivity index (χ3v) is 3.73. The topological polar surface area (TPSA) is 29.5 Å². The number of nitrogens with zero attached hydrogens (tertiary/aromatic N) is 1. The molecule has 0 unspecified atom stereocenters. The molecule has 0 radical (unpaired) electrons. The molecule has 2 rings (SSSR count). The van der Waals surface area contributed by atoms with Gasteiger partial charge < -0.3 is 9.64 Å². The number of hydrogen-bond donors (Lipinski definition) is 0. The van der Waals surface area contributed by atoms with Crippen molar-refractivity contribution in [1.29, 1.82) is 0 Å². The van der Waals surface area contributed by atoms with Gasteiger partial charge in [-0.2, -0.15) is 0 Å². The Morgan fingerprint density at radius 3 is 2.57 bits per heavy atom. The van der Waals surface area contributed by atoms with Crippen LogP contribution < -0.4 is 4.90 Å². The van der Waals surface area contributed by atoms with Gasteiger partial charge in [-0.15, -0.1) is 0 Å². The van der Waals surface area contributed by atoms with Crippen LogP contribution in [-0.2, 0) is 11.3 Å². The van der Waals surface area contributed by atoms with E-state index in [0.29, 0.717) is 22.2 Å². The highest BCUT2D eigenvalue weighted by Crippen LogP contribution is 2.26.